The van der Waals surface area contributed by atoms with Gasteiger partial charge in [-0.15, -0.1) is 0 Å². The first-order valence-electron chi connectivity index (χ1n) is 7.76. The lowest BCUT2D eigenvalue weighted by molar-refractivity contribution is 0.0602. The third-order valence-electron chi connectivity index (χ3n) is 4.09. The van der Waals surface area contributed by atoms with Crippen LogP contribution in [0.4, 0.5) is 17.1 Å². The van der Waals surface area contributed by atoms with E-state index >= 15 is 0 Å². The van der Waals surface area contributed by atoms with E-state index < -0.39 is 5.97 Å². The van der Waals surface area contributed by atoms with E-state index in [4.69, 9.17) is 20.8 Å². The number of hydrogen-bond acceptors (Lipinski definition) is 6. The number of carbonyl (C=O) groups is 1. The fraction of sp³-hybridized carbons (Fsp3) is 0.167. The van der Waals surface area contributed by atoms with Crippen LogP contribution in [-0.4, -0.2) is 19.4 Å². The van der Waals surface area contributed by atoms with Gasteiger partial charge in [0.25, 0.3) is 0 Å². The molecule has 0 fully saturated rings. The van der Waals surface area contributed by atoms with Crippen LogP contribution in [0.3, 0.4) is 0 Å². The number of halogens is 1. The van der Waals surface area contributed by atoms with Crippen LogP contribution in [-0.2, 0) is 4.74 Å². The molecule has 2 heterocycles. The first-order chi connectivity index (χ1) is 12.1. The third kappa shape index (κ3) is 2.64. The van der Waals surface area contributed by atoms with E-state index in [0.29, 0.717) is 16.2 Å². The van der Waals surface area contributed by atoms with Gasteiger partial charge in [-0.1, -0.05) is 23.7 Å². The van der Waals surface area contributed by atoms with Crippen molar-refractivity contribution in [3.63, 3.8) is 0 Å². The predicted molar refractivity (Wildman–Crippen MR) is 98.4 cm³/mol. The minimum Gasteiger partial charge on any atom is -0.465 e. The Morgan fingerprint density at radius 3 is 2.84 bits per heavy atom. The molecule has 7 heteroatoms. The van der Waals surface area contributed by atoms with Gasteiger partial charge in [-0.05, 0) is 31.2 Å². The molecule has 1 unspecified atom stereocenters. The van der Waals surface area contributed by atoms with E-state index in [1.807, 2.05) is 37.3 Å². The monoisotopic (exact) mass is 357 g/mol. The molecule has 6 nitrogen and oxygen atoms in total. The Hall–Kier alpha value is -2.86. The van der Waals surface area contributed by atoms with Gasteiger partial charge in [0.1, 0.15) is 11.3 Å². The highest BCUT2D eigenvalue weighted by Gasteiger charge is 2.27. The van der Waals surface area contributed by atoms with Gasteiger partial charge in [0.05, 0.1) is 29.2 Å². The lowest BCUT2D eigenvalue weighted by Crippen LogP contribution is -2.31. The highest BCUT2D eigenvalue weighted by Crippen LogP contribution is 2.40. The highest BCUT2D eigenvalue weighted by atomic mass is 35.5. The van der Waals surface area contributed by atoms with E-state index in [9.17, 15) is 4.79 Å². The minimum atomic E-state index is -0.438. The zero-order chi connectivity index (χ0) is 17.6. The molecular weight excluding hydrogens is 342 g/mol. The van der Waals surface area contributed by atoms with Crippen molar-refractivity contribution >= 4 is 45.6 Å². The zero-order valence-corrected chi connectivity index (χ0v) is 14.4. The Bertz CT molecular complexity index is 983. The van der Waals surface area contributed by atoms with Gasteiger partial charge in [0.2, 0.25) is 0 Å². The second kappa shape index (κ2) is 5.89. The summed E-state index contributed by atoms with van der Waals surface area (Å²) in [5.74, 6) is 0.282. The average Bonchev–Trinajstić information content (AvgIpc) is 3.17. The number of anilines is 3. The molecule has 4 rings (SSSR count). The SMILES string of the molecule is COC(=O)c1cc2c(c3cc(C)oc13)NC(Nc1ccccc1Cl)N2. The van der Waals surface area contributed by atoms with Crippen molar-refractivity contribution in [3.8, 4) is 0 Å². The van der Waals surface area contributed by atoms with Gasteiger partial charge in [0, 0.05) is 5.39 Å². The number of ether oxygens (including phenoxy) is 1. The summed E-state index contributed by atoms with van der Waals surface area (Å²) in [6.45, 7) is 1.84. The van der Waals surface area contributed by atoms with Gasteiger partial charge in [-0.25, -0.2) is 4.79 Å². The van der Waals surface area contributed by atoms with Crippen molar-refractivity contribution in [1.82, 2.24) is 0 Å². The molecule has 128 valence electrons. The van der Waals surface area contributed by atoms with Crippen LogP contribution in [0.1, 0.15) is 16.1 Å². The molecule has 0 aliphatic carbocycles. The van der Waals surface area contributed by atoms with E-state index in [1.54, 1.807) is 6.07 Å². The summed E-state index contributed by atoms with van der Waals surface area (Å²) in [5, 5.41) is 11.4. The Balaban J connectivity index is 1.72. The summed E-state index contributed by atoms with van der Waals surface area (Å²) in [6.07, 6.45) is -0.277. The Morgan fingerprint density at radius 1 is 1.28 bits per heavy atom. The second-order valence-corrected chi connectivity index (χ2v) is 6.19. The number of benzene rings is 2. The largest absolute Gasteiger partial charge is 0.465 e. The summed E-state index contributed by atoms with van der Waals surface area (Å²) in [5.41, 5.74) is 3.35. The average molecular weight is 358 g/mol. The fourth-order valence-corrected chi connectivity index (χ4v) is 3.19. The molecule has 0 radical (unpaired) electrons. The number of carbonyl (C=O) groups excluding carboxylic acids is 1. The lowest BCUT2D eigenvalue weighted by atomic mass is 10.1. The minimum absolute atomic E-state index is 0.277. The zero-order valence-electron chi connectivity index (χ0n) is 13.6. The Kier molecular flexibility index (Phi) is 3.69. The maximum atomic E-state index is 12.1. The topological polar surface area (TPSA) is 75.5 Å². The van der Waals surface area contributed by atoms with E-state index in [-0.39, 0.29) is 6.29 Å². The molecule has 2 aromatic carbocycles. The number of esters is 1. The van der Waals surface area contributed by atoms with Gasteiger partial charge in [-0.2, -0.15) is 0 Å². The molecule has 1 aromatic heterocycles. The van der Waals surface area contributed by atoms with E-state index in [1.165, 1.54) is 7.11 Å². The van der Waals surface area contributed by atoms with Crippen molar-refractivity contribution in [2.45, 2.75) is 13.2 Å². The normalized spacial score (nSPS) is 15.4. The maximum Gasteiger partial charge on any atom is 0.341 e. The van der Waals surface area contributed by atoms with E-state index in [2.05, 4.69) is 16.0 Å². The fourth-order valence-electron chi connectivity index (χ4n) is 3.00. The van der Waals surface area contributed by atoms with Crippen molar-refractivity contribution in [3.05, 3.63) is 52.7 Å². The van der Waals surface area contributed by atoms with Crippen LogP contribution in [0, 0.1) is 6.92 Å². The van der Waals surface area contributed by atoms with Gasteiger partial charge in [-0.3, -0.25) is 0 Å². The number of methoxy groups -OCH3 is 1. The smallest absolute Gasteiger partial charge is 0.341 e. The molecular formula is C18H16ClN3O3. The molecule has 0 bridgehead atoms. The molecule has 3 N–H and O–H groups in total. The van der Waals surface area contributed by atoms with Gasteiger partial charge < -0.3 is 25.1 Å². The van der Waals surface area contributed by atoms with Crippen molar-refractivity contribution < 1.29 is 13.9 Å². The molecule has 0 spiro atoms. The first kappa shape index (κ1) is 15.7. The second-order valence-electron chi connectivity index (χ2n) is 5.78. The van der Waals surface area contributed by atoms with Crippen molar-refractivity contribution in [2.75, 3.05) is 23.1 Å². The van der Waals surface area contributed by atoms with Crippen LogP contribution < -0.4 is 16.0 Å². The van der Waals surface area contributed by atoms with E-state index in [0.717, 1.165) is 28.2 Å². The molecule has 1 atom stereocenters. The molecule has 3 aromatic rings. The molecule has 0 saturated heterocycles. The number of rotatable bonds is 3. The molecule has 1 aliphatic rings. The standard InChI is InChI=1S/C18H16ClN3O3/c1-9-7-10-15-14(8-11(16(10)25-9)17(23)24-2)21-18(22-15)20-13-6-4-3-5-12(13)19/h3-8,18,20-22H,1-2H3. The van der Waals surface area contributed by atoms with Gasteiger partial charge in [0.15, 0.2) is 11.9 Å². The van der Waals surface area contributed by atoms with Crippen LogP contribution in [0.5, 0.6) is 0 Å². The van der Waals surface area contributed by atoms with Crippen LogP contribution in [0.25, 0.3) is 11.0 Å². The first-order valence-corrected chi connectivity index (χ1v) is 8.14. The van der Waals surface area contributed by atoms with Crippen molar-refractivity contribution in [1.29, 1.82) is 0 Å². The summed E-state index contributed by atoms with van der Waals surface area (Å²) in [4.78, 5) is 12.1. The number of aryl methyl sites for hydroxylation is 1. The molecule has 0 amide bonds. The molecule has 1 aliphatic heterocycles. The Morgan fingerprint density at radius 2 is 2.08 bits per heavy atom. The molecule has 25 heavy (non-hydrogen) atoms. The molecule has 0 saturated carbocycles. The number of furan rings is 1. The number of fused-ring (bicyclic) bond motifs is 3. The highest BCUT2D eigenvalue weighted by molar-refractivity contribution is 6.33. The number of hydrogen-bond donors (Lipinski definition) is 3. The quantitative estimate of drug-likeness (QED) is 0.603. The van der Waals surface area contributed by atoms with Crippen LogP contribution in [0.15, 0.2) is 40.8 Å². The number of para-hydroxylation sites is 1. The summed E-state index contributed by atoms with van der Waals surface area (Å²) in [7, 11) is 1.35. The maximum absolute atomic E-state index is 12.1. The third-order valence-corrected chi connectivity index (χ3v) is 4.42. The summed E-state index contributed by atoms with van der Waals surface area (Å²) >= 11 is 6.20. The summed E-state index contributed by atoms with van der Waals surface area (Å²) in [6, 6.07) is 11.1. The van der Waals surface area contributed by atoms with Gasteiger partial charge >= 0.3 is 5.97 Å². The van der Waals surface area contributed by atoms with Crippen LogP contribution in [0.2, 0.25) is 5.02 Å². The van der Waals surface area contributed by atoms with Crippen molar-refractivity contribution in [2.24, 2.45) is 0 Å². The predicted octanol–water partition coefficient (Wildman–Crippen LogP) is 4.41. The summed E-state index contributed by atoms with van der Waals surface area (Å²) < 4.78 is 10.6. The Labute approximate surface area is 149 Å². The number of nitrogens with one attached hydrogen (secondary N) is 3. The lowest BCUT2D eigenvalue weighted by Gasteiger charge is -2.16. The van der Waals surface area contributed by atoms with Crippen LogP contribution >= 0.6 is 11.6 Å².